The van der Waals surface area contributed by atoms with Crippen LogP contribution < -0.4 is 5.32 Å². The van der Waals surface area contributed by atoms with E-state index >= 15 is 0 Å². The van der Waals surface area contributed by atoms with Gasteiger partial charge in [0.2, 0.25) is 11.7 Å². The molecule has 0 aliphatic rings. The highest BCUT2D eigenvalue weighted by Crippen LogP contribution is 2.22. The molecule has 0 saturated heterocycles. The summed E-state index contributed by atoms with van der Waals surface area (Å²) < 4.78 is 20.0. The Labute approximate surface area is 176 Å². The van der Waals surface area contributed by atoms with Gasteiger partial charge in [0.05, 0.1) is 22.0 Å². The van der Waals surface area contributed by atoms with Crippen LogP contribution in [0.5, 0.6) is 0 Å². The quantitative estimate of drug-likeness (QED) is 0.494. The minimum absolute atomic E-state index is 0.0621. The molecule has 2 aromatic heterocycles. The smallest absolute Gasteiger partial charge is 0.259 e. The summed E-state index contributed by atoms with van der Waals surface area (Å²) in [7, 11) is 0. The first kappa shape index (κ1) is 19.8. The van der Waals surface area contributed by atoms with E-state index in [9.17, 15) is 9.18 Å². The third-order valence-corrected chi connectivity index (χ3v) is 4.77. The SMILES string of the molecule is CCc1nc(-c2ccc(-n3cc(C(=O)Nc4ccc(F)c(Cl)c4)c(C)n3)cc2)no1. The van der Waals surface area contributed by atoms with Gasteiger partial charge < -0.3 is 9.84 Å². The van der Waals surface area contributed by atoms with Crippen LogP contribution in [-0.4, -0.2) is 25.8 Å². The first-order valence-corrected chi connectivity index (χ1v) is 9.58. The van der Waals surface area contributed by atoms with E-state index in [4.69, 9.17) is 16.1 Å². The number of anilines is 1. The second kappa shape index (κ2) is 8.08. The van der Waals surface area contributed by atoms with Crippen LogP contribution in [0.1, 0.15) is 28.9 Å². The van der Waals surface area contributed by atoms with Gasteiger partial charge in [-0.15, -0.1) is 0 Å². The van der Waals surface area contributed by atoms with Crippen molar-refractivity contribution < 1.29 is 13.7 Å². The zero-order valence-corrected chi connectivity index (χ0v) is 16.9. The van der Waals surface area contributed by atoms with Crippen molar-refractivity contribution in [3.05, 3.63) is 76.6 Å². The molecule has 2 heterocycles. The van der Waals surface area contributed by atoms with Crippen molar-refractivity contribution in [3.63, 3.8) is 0 Å². The van der Waals surface area contributed by atoms with Crippen molar-refractivity contribution in [1.82, 2.24) is 19.9 Å². The zero-order chi connectivity index (χ0) is 21.3. The van der Waals surface area contributed by atoms with Crippen LogP contribution in [0.4, 0.5) is 10.1 Å². The summed E-state index contributed by atoms with van der Waals surface area (Å²) in [4.78, 5) is 16.9. The van der Waals surface area contributed by atoms with Crippen molar-refractivity contribution in [3.8, 4) is 17.1 Å². The molecule has 0 fully saturated rings. The van der Waals surface area contributed by atoms with Crippen molar-refractivity contribution in [2.45, 2.75) is 20.3 Å². The van der Waals surface area contributed by atoms with Gasteiger partial charge in [-0.1, -0.05) is 23.7 Å². The standard InChI is InChI=1S/C21H17ClFN5O2/c1-3-19-25-20(27-30-19)13-4-7-15(8-5-13)28-11-16(12(2)26-28)21(29)24-14-6-9-18(23)17(22)10-14/h4-11H,3H2,1-2H3,(H,24,29). The fourth-order valence-corrected chi connectivity index (χ4v) is 3.05. The van der Waals surface area contributed by atoms with E-state index in [1.807, 2.05) is 31.2 Å². The van der Waals surface area contributed by atoms with Gasteiger partial charge in [-0.05, 0) is 49.4 Å². The molecule has 0 radical (unpaired) electrons. The molecule has 30 heavy (non-hydrogen) atoms. The molecule has 0 spiro atoms. The van der Waals surface area contributed by atoms with Gasteiger partial charge in [0.15, 0.2) is 0 Å². The largest absolute Gasteiger partial charge is 0.339 e. The number of carbonyl (C=O) groups excluding carboxylic acids is 1. The molecule has 0 unspecified atom stereocenters. The van der Waals surface area contributed by atoms with E-state index in [0.29, 0.717) is 35.1 Å². The van der Waals surface area contributed by atoms with Crippen LogP contribution in [0.25, 0.3) is 17.1 Å². The second-order valence-electron chi connectivity index (χ2n) is 6.57. The lowest BCUT2D eigenvalue weighted by Crippen LogP contribution is -2.12. The maximum Gasteiger partial charge on any atom is 0.259 e. The number of halogens is 2. The summed E-state index contributed by atoms with van der Waals surface area (Å²) in [6.07, 6.45) is 2.31. The van der Waals surface area contributed by atoms with Crippen molar-refractivity contribution in [2.24, 2.45) is 0 Å². The van der Waals surface area contributed by atoms with Crippen LogP contribution in [0.2, 0.25) is 5.02 Å². The number of nitrogens with one attached hydrogen (secondary N) is 1. The second-order valence-corrected chi connectivity index (χ2v) is 6.98. The average molecular weight is 426 g/mol. The number of carbonyl (C=O) groups is 1. The summed E-state index contributed by atoms with van der Waals surface area (Å²) in [5.41, 5.74) is 2.93. The maximum atomic E-state index is 13.3. The van der Waals surface area contributed by atoms with Gasteiger partial charge in [-0.25, -0.2) is 9.07 Å². The lowest BCUT2D eigenvalue weighted by atomic mass is 10.2. The van der Waals surface area contributed by atoms with Crippen molar-refractivity contribution >= 4 is 23.2 Å². The summed E-state index contributed by atoms with van der Waals surface area (Å²) in [6.45, 7) is 3.68. The molecular weight excluding hydrogens is 409 g/mol. The number of rotatable bonds is 5. The van der Waals surface area contributed by atoms with E-state index in [-0.39, 0.29) is 10.9 Å². The summed E-state index contributed by atoms with van der Waals surface area (Å²) in [5.74, 6) is 0.189. The minimum atomic E-state index is -0.547. The highest BCUT2D eigenvalue weighted by molar-refractivity contribution is 6.31. The Balaban J connectivity index is 1.54. The average Bonchev–Trinajstić information content (AvgIpc) is 3.38. The van der Waals surface area contributed by atoms with Crippen LogP contribution in [0, 0.1) is 12.7 Å². The third-order valence-electron chi connectivity index (χ3n) is 4.48. The van der Waals surface area contributed by atoms with Gasteiger partial charge in [0.25, 0.3) is 5.91 Å². The molecular formula is C21H17ClFN5O2. The highest BCUT2D eigenvalue weighted by Gasteiger charge is 2.15. The van der Waals surface area contributed by atoms with E-state index in [1.165, 1.54) is 18.2 Å². The summed E-state index contributed by atoms with van der Waals surface area (Å²) in [5, 5.41) is 11.0. The number of benzene rings is 2. The van der Waals surface area contributed by atoms with E-state index in [0.717, 1.165) is 11.3 Å². The Bertz CT molecular complexity index is 1220. The van der Waals surface area contributed by atoms with E-state index in [2.05, 4.69) is 20.6 Å². The maximum absolute atomic E-state index is 13.3. The predicted molar refractivity (Wildman–Crippen MR) is 110 cm³/mol. The molecule has 1 N–H and O–H groups in total. The Kier molecular flexibility index (Phi) is 5.33. The molecule has 7 nitrogen and oxygen atoms in total. The Morgan fingerprint density at radius 2 is 2.00 bits per heavy atom. The van der Waals surface area contributed by atoms with Crippen molar-refractivity contribution in [2.75, 3.05) is 5.32 Å². The van der Waals surface area contributed by atoms with Gasteiger partial charge in [-0.3, -0.25) is 4.79 Å². The molecule has 0 bridgehead atoms. The number of amides is 1. The van der Waals surface area contributed by atoms with Gasteiger partial charge in [0, 0.05) is 23.9 Å². The van der Waals surface area contributed by atoms with Crippen LogP contribution in [0.15, 0.2) is 53.2 Å². The van der Waals surface area contributed by atoms with E-state index in [1.54, 1.807) is 17.8 Å². The highest BCUT2D eigenvalue weighted by atomic mass is 35.5. The van der Waals surface area contributed by atoms with Gasteiger partial charge in [-0.2, -0.15) is 10.1 Å². The van der Waals surface area contributed by atoms with Gasteiger partial charge >= 0.3 is 0 Å². The van der Waals surface area contributed by atoms with Crippen LogP contribution >= 0.6 is 11.6 Å². The molecule has 0 aliphatic carbocycles. The Morgan fingerprint density at radius 1 is 1.23 bits per heavy atom. The Morgan fingerprint density at radius 3 is 2.67 bits per heavy atom. The molecule has 0 aliphatic heterocycles. The minimum Gasteiger partial charge on any atom is -0.339 e. The molecule has 4 rings (SSSR count). The first-order valence-electron chi connectivity index (χ1n) is 9.20. The van der Waals surface area contributed by atoms with E-state index < -0.39 is 5.82 Å². The molecule has 2 aromatic carbocycles. The summed E-state index contributed by atoms with van der Waals surface area (Å²) in [6, 6.07) is 11.4. The summed E-state index contributed by atoms with van der Waals surface area (Å²) >= 11 is 5.77. The lowest BCUT2D eigenvalue weighted by molar-refractivity contribution is 0.102. The molecule has 0 atom stereocenters. The normalized spacial score (nSPS) is 10.9. The topological polar surface area (TPSA) is 85.8 Å². The van der Waals surface area contributed by atoms with Crippen LogP contribution in [-0.2, 0) is 6.42 Å². The van der Waals surface area contributed by atoms with Crippen LogP contribution in [0.3, 0.4) is 0 Å². The molecule has 152 valence electrons. The third kappa shape index (κ3) is 3.95. The fraction of sp³-hybridized carbons (Fsp3) is 0.143. The molecule has 4 aromatic rings. The molecule has 0 saturated carbocycles. The molecule has 1 amide bonds. The lowest BCUT2D eigenvalue weighted by Gasteiger charge is -2.05. The predicted octanol–water partition coefficient (Wildman–Crippen LogP) is 4.84. The first-order chi connectivity index (χ1) is 14.4. The number of hydrogen-bond acceptors (Lipinski definition) is 5. The Hall–Kier alpha value is -3.52. The fourth-order valence-electron chi connectivity index (χ4n) is 2.87. The monoisotopic (exact) mass is 425 g/mol. The number of aryl methyl sites for hydroxylation is 2. The number of hydrogen-bond donors (Lipinski definition) is 1. The van der Waals surface area contributed by atoms with Gasteiger partial charge in [0.1, 0.15) is 5.82 Å². The molecule has 9 heteroatoms. The van der Waals surface area contributed by atoms with Crippen molar-refractivity contribution in [1.29, 1.82) is 0 Å². The number of nitrogens with zero attached hydrogens (tertiary/aromatic N) is 4. The number of aromatic nitrogens is 4. The zero-order valence-electron chi connectivity index (χ0n) is 16.2.